The van der Waals surface area contributed by atoms with E-state index in [9.17, 15) is 0 Å². The summed E-state index contributed by atoms with van der Waals surface area (Å²) in [5, 5.41) is 7.53. The molecule has 2 heterocycles. The van der Waals surface area contributed by atoms with Crippen molar-refractivity contribution in [3.05, 3.63) is 64.7 Å². The highest BCUT2D eigenvalue weighted by molar-refractivity contribution is 6.30. The molecular weight excluding hydrogens is 360 g/mol. The summed E-state index contributed by atoms with van der Waals surface area (Å²) >= 11 is 6.06. The quantitative estimate of drug-likeness (QED) is 0.712. The second-order valence-corrected chi connectivity index (χ2v) is 7.69. The molecule has 0 spiro atoms. The van der Waals surface area contributed by atoms with Gasteiger partial charge in [0.25, 0.3) is 0 Å². The van der Waals surface area contributed by atoms with Crippen molar-refractivity contribution in [2.75, 3.05) is 11.6 Å². The summed E-state index contributed by atoms with van der Waals surface area (Å²) in [6, 6.07) is 16.5. The molecule has 4 rings (SSSR count). The fourth-order valence-electron chi connectivity index (χ4n) is 4.10. The highest BCUT2D eigenvalue weighted by atomic mass is 35.5. The third kappa shape index (κ3) is 3.62. The van der Waals surface area contributed by atoms with Gasteiger partial charge in [0.2, 0.25) is 0 Å². The van der Waals surface area contributed by atoms with Gasteiger partial charge in [0.15, 0.2) is 12.5 Å². The van der Waals surface area contributed by atoms with Crippen LogP contribution in [0.15, 0.2) is 53.6 Å². The van der Waals surface area contributed by atoms with Gasteiger partial charge in [-0.05, 0) is 50.6 Å². The standard InChI is InChI=1S/C22H25ClN2O2/c1-4-26-20-13-19(16-7-5-14(2)6-8-16)21-15(3)24-25(22(21)27-20)18-11-9-17(23)10-12-18/h5-12,19-22H,4,13H2,1-3H3/t19-,20-,21?,22?/m1/s1. The average Bonchev–Trinajstić information content (AvgIpc) is 2.99. The molecule has 0 radical (unpaired) electrons. The van der Waals surface area contributed by atoms with Crippen LogP contribution in [0.2, 0.25) is 5.02 Å². The summed E-state index contributed by atoms with van der Waals surface area (Å²) in [5.41, 5.74) is 4.65. The van der Waals surface area contributed by atoms with E-state index in [1.165, 1.54) is 11.1 Å². The first-order chi connectivity index (χ1) is 13.1. The molecule has 4 atom stereocenters. The van der Waals surface area contributed by atoms with Crippen LogP contribution in [0.5, 0.6) is 0 Å². The fourth-order valence-corrected chi connectivity index (χ4v) is 4.22. The van der Waals surface area contributed by atoms with E-state index in [2.05, 4.69) is 38.1 Å². The largest absolute Gasteiger partial charge is 0.353 e. The highest BCUT2D eigenvalue weighted by Gasteiger charge is 2.48. The van der Waals surface area contributed by atoms with E-state index in [0.717, 1.165) is 17.8 Å². The maximum atomic E-state index is 6.35. The lowest BCUT2D eigenvalue weighted by Crippen LogP contribution is -2.47. The molecule has 0 saturated carbocycles. The van der Waals surface area contributed by atoms with Gasteiger partial charge in [0.1, 0.15) is 0 Å². The molecular formula is C22H25ClN2O2. The first-order valence-electron chi connectivity index (χ1n) is 9.50. The van der Waals surface area contributed by atoms with E-state index >= 15 is 0 Å². The van der Waals surface area contributed by atoms with E-state index in [1.54, 1.807) is 0 Å². The van der Waals surface area contributed by atoms with Gasteiger partial charge in [-0.3, -0.25) is 0 Å². The molecule has 142 valence electrons. The van der Waals surface area contributed by atoms with Crippen molar-refractivity contribution >= 4 is 23.0 Å². The maximum Gasteiger partial charge on any atom is 0.162 e. The third-order valence-electron chi connectivity index (χ3n) is 5.42. The minimum atomic E-state index is -0.238. The topological polar surface area (TPSA) is 34.1 Å². The van der Waals surface area contributed by atoms with Crippen molar-refractivity contribution in [2.45, 2.75) is 45.6 Å². The van der Waals surface area contributed by atoms with Gasteiger partial charge in [-0.1, -0.05) is 41.4 Å². The number of hydrogen-bond donors (Lipinski definition) is 0. The number of hydrogen-bond acceptors (Lipinski definition) is 4. The monoisotopic (exact) mass is 384 g/mol. The van der Waals surface area contributed by atoms with Crippen molar-refractivity contribution in [3.63, 3.8) is 0 Å². The number of aryl methyl sites for hydroxylation is 1. The lowest BCUT2D eigenvalue weighted by molar-refractivity contribution is -0.202. The van der Waals surface area contributed by atoms with Gasteiger partial charge in [0, 0.05) is 29.7 Å². The summed E-state index contributed by atoms with van der Waals surface area (Å²) in [6.07, 6.45) is 0.417. The summed E-state index contributed by atoms with van der Waals surface area (Å²) in [4.78, 5) is 0. The van der Waals surface area contributed by atoms with Gasteiger partial charge in [-0.25, -0.2) is 5.01 Å². The number of rotatable bonds is 4. The van der Waals surface area contributed by atoms with E-state index in [4.69, 9.17) is 26.2 Å². The second-order valence-electron chi connectivity index (χ2n) is 7.25. The number of fused-ring (bicyclic) bond motifs is 1. The van der Waals surface area contributed by atoms with Crippen LogP contribution in [0.1, 0.15) is 37.3 Å². The van der Waals surface area contributed by atoms with Gasteiger partial charge in [-0.15, -0.1) is 0 Å². The lowest BCUT2D eigenvalue weighted by Gasteiger charge is -2.41. The molecule has 0 aliphatic carbocycles. The van der Waals surface area contributed by atoms with Crippen molar-refractivity contribution in [1.82, 2.24) is 0 Å². The van der Waals surface area contributed by atoms with Crippen LogP contribution in [0.25, 0.3) is 0 Å². The smallest absolute Gasteiger partial charge is 0.162 e. The highest BCUT2D eigenvalue weighted by Crippen LogP contribution is 2.45. The summed E-state index contributed by atoms with van der Waals surface area (Å²) < 4.78 is 12.2. The van der Waals surface area contributed by atoms with Crippen LogP contribution in [-0.4, -0.2) is 24.8 Å². The summed E-state index contributed by atoms with van der Waals surface area (Å²) in [6.45, 7) is 6.84. The average molecular weight is 385 g/mol. The van der Waals surface area contributed by atoms with Crippen LogP contribution in [0, 0.1) is 12.8 Å². The lowest BCUT2D eigenvalue weighted by atomic mass is 9.78. The van der Waals surface area contributed by atoms with Crippen LogP contribution >= 0.6 is 11.6 Å². The molecule has 0 amide bonds. The zero-order valence-electron chi connectivity index (χ0n) is 15.9. The van der Waals surface area contributed by atoms with E-state index in [-0.39, 0.29) is 18.4 Å². The number of ether oxygens (including phenoxy) is 2. The van der Waals surface area contributed by atoms with Crippen molar-refractivity contribution in [1.29, 1.82) is 0 Å². The van der Waals surface area contributed by atoms with E-state index in [0.29, 0.717) is 17.5 Å². The molecule has 2 aromatic carbocycles. The van der Waals surface area contributed by atoms with Gasteiger partial charge in [0.05, 0.1) is 11.6 Å². The van der Waals surface area contributed by atoms with Crippen molar-refractivity contribution in [3.8, 4) is 0 Å². The SMILES string of the molecule is CCO[C@H]1C[C@H](c2ccc(C)cc2)C2C(C)=NN(c3ccc(Cl)cc3)C2O1. The molecule has 5 heteroatoms. The Labute approximate surface area is 165 Å². The molecule has 2 aliphatic rings. The van der Waals surface area contributed by atoms with Gasteiger partial charge < -0.3 is 9.47 Å². The zero-order valence-corrected chi connectivity index (χ0v) is 16.7. The second kappa shape index (κ2) is 7.63. The summed E-state index contributed by atoms with van der Waals surface area (Å²) in [5.74, 6) is 0.502. The Morgan fingerprint density at radius 1 is 1.11 bits per heavy atom. The van der Waals surface area contributed by atoms with Crippen molar-refractivity contribution < 1.29 is 9.47 Å². The van der Waals surface area contributed by atoms with E-state index in [1.807, 2.05) is 36.2 Å². The molecule has 1 saturated heterocycles. The number of hydrazone groups is 1. The predicted molar refractivity (Wildman–Crippen MR) is 109 cm³/mol. The molecule has 0 aromatic heterocycles. The Bertz CT molecular complexity index is 819. The van der Waals surface area contributed by atoms with E-state index < -0.39 is 0 Å². The maximum absolute atomic E-state index is 6.35. The Morgan fingerprint density at radius 3 is 2.48 bits per heavy atom. The first kappa shape index (κ1) is 18.5. The first-order valence-corrected chi connectivity index (χ1v) is 9.88. The molecule has 0 N–H and O–H groups in total. The number of halogens is 1. The molecule has 2 aliphatic heterocycles. The van der Waals surface area contributed by atoms with Gasteiger partial charge >= 0.3 is 0 Å². The zero-order chi connectivity index (χ0) is 19.0. The Kier molecular flexibility index (Phi) is 5.22. The van der Waals surface area contributed by atoms with Crippen LogP contribution in [0.3, 0.4) is 0 Å². The van der Waals surface area contributed by atoms with Gasteiger partial charge in [-0.2, -0.15) is 5.10 Å². The Hall–Kier alpha value is -1.88. The minimum Gasteiger partial charge on any atom is -0.353 e. The summed E-state index contributed by atoms with van der Waals surface area (Å²) in [7, 11) is 0. The molecule has 2 aromatic rings. The van der Waals surface area contributed by atoms with Crippen LogP contribution in [-0.2, 0) is 9.47 Å². The number of nitrogens with zero attached hydrogens (tertiary/aromatic N) is 2. The fraction of sp³-hybridized carbons (Fsp3) is 0.409. The Balaban J connectivity index is 1.69. The van der Waals surface area contributed by atoms with Crippen LogP contribution < -0.4 is 5.01 Å². The predicted octanol–water partition coefficient (Wildman–Crippen LogP) is 5.35. The Morgan fingerprint density at radius 2 is 1.81 bits per heavy atom. The van der Waals surface area contributed by atoms with Crippen LogP contribution in [0.4, 0.5) is 5.69 Å². The molecule has 1 fully saturated rings. The molecule has 0 bridgehead atoms. The van der Waals surface area contributed by atoms with Crippen molar-refractivity contribution in [2.24, 2.45) is 11.0 Å². The normalized spacial score (nSPS) is 27.4. The molecule has 4 nitrogen and oxygen atoms in total. The minimum absolute atomic E-state index is 0.178. The number of anilines is 1. The molecule has 27 heavy (non-hydrogen) atoms. The third-order valence-corrected chi connectivity index (χ3v) is 5.67. The number of benzene rings is 2. The molecule has 2 unspecified atom stereocenters.